The molecule has 28 heavy (non-hydrogen) atoms. The Kier molecular flexibility index (Phi) is 5.11. The summed E-state index contributed by atoms with van der Waals surface area (Å²) in [4.78, 5) is 25.9. The lowest BCUT2D eigenvalue weighted by Crippen LogP contribution is -2.36. The quantitative estimate of drug-likeness (QED) is 0.630. The largest absolute Gasteiger partial charge is 0.349 e. The predicted octanol–water partition coefficient (Wildman–Crippen LogP) is 4.63. The predicted molar refractivity (Wildman–Crippen MR) is 116 cm³/mol. The van der Waals surface area contributed by atoms with E-state index in [-0.39, 0.29) is 29.0 Å². The summed E-state index contributed by atoms with van der Waals surface area (Å²) < 4.78 is 2.95. The minimum Gasteiger partial charge on any atom is -0.349 e. The van der Waals surface area contributed by atoms with E-state index < -0.39 is 0 Å². The van der Waals surface area contributed by atoms with E-state index in [9.17, 15) is 9.59 Å². The Bertz CT molecular complexity index is 1110. The molecule has 0 aliphatic carbocycles. The summed E-state index contributed by atoms with van der Waals surface area (Å²) >= 11 is 3.50. The molecule has 2 atom stereocenters. The molecule has 1 aliphatic heterocycles. The van der Waals surface area contributed by atoms with Crippen LogP contribution in [0, 0.1) is 0 Å². The molecule has 0 saturated heterocycles. The summed E-state index contributed by atoms with van der Waals surface area (Å²) in [6.45, 7) is 4.10. The van der Waals surface area contributed by atoms with E-state index >= 15 is 0 Å². The molecule has 4 nitrogen and oxygen atoms in total. The first kappa shape index (κ1) is 18.9. The van der Waals surface area contributed by atoms with Crippen molar-refractivity contribution in [1.82, 2.24) is 9.88 Å². The monoisotopic (exact) mass is 438 g/mol. The number of carbonyl (C=O) groups excluding carboxylic acids is 1. The van der Waals surface area contributed by atoms with Gasteiger partial charge in [0.1, 0.15) is 5.56 Å². The van der Waals surface area contributed by atoms with Crippen molar-refractivity contribution < 1.29 is 4.79 Å². The summed E-state index contributed by atoms with van der Waals surface area (Å²) in [5.74, 6) is -0.295. The number of nitrogens with one attached hydrogen (secondary N) is 1. The highest BCUT2D eigenvalue weighted by molar-refractivity contribution is 9.10. The van der Waals surface area contributed by atoms with Gasteiger partial charge in [-0.2, -0.15) is 0 Å². The van der Waals surface area contributed by atoms with Crippen molar-refractivity contribution in [3.05, 3.63) is 80.0 Å². The van der Waals surface area contributed by atoms with Crippen molar-refractivity contribution >= 4 is 32.7 Å². The zero-order chi connectivity index (χ0) is 19.8. The van der Waals surface area contributed by atoms with Crippen molar-refractivity contribution in [1.29, 1.82) is 0 Å². The smallest absolute Gasteiger partial charge is 0.256 e. The number of halogens is 1. The molecule has 1 amide bonds. The van der Waals surface area contributed by atoms with Crippen LogP contribution >= 0.6 is 15.9 Å². The van der Waals surface area contributed by atoms with Gasteiger partial charge in [0.2, 0.25) is 5.43 Å². The minimum atomic E-state index is -0.295. The highest BCUT2D eigenvalue weighted by Crippen LogP contribution is 2.33. The number of benzene rings is 2. The van der Waals surface area contributed by atoms with Gasteiger partial charge in [0.25, 0.3) is 5.91 Å². The second-order valence-corrected chi connectivity index (χ2v) is 8.61. The van der Waals surface area contributed by atoms with Crippen LogP contribution < -0.4 is 10.7 Å². The Morgan fingerprint density at radius 2 is 2.04 bits per heavy atom. The van der Waals surface area contributed by atoms with Crippen molar-refractivity contribution in [3.8, 4) is 0 Å². The van der Waals surface area contributed by atoms with Crippen LogP contribution in [0.1, 0.15) is 47.8 Å². The van der Waals surface area contributed by atoms with Crippen LogP contribution in [-0.4, -0.2) is 16.5 Å². The Labute approximate surface area is 172 Å². The molecule has 3 aromatic rings. The number of amides is 1. The molecule has 2 aromatic carbocycles. The number of hydrogen-bond donors (Lipinski definition) is 1. The lowest BCUT2D eigenvalue weighted by atomic mass is 10.1. The third-order valence-electron chi connectivity index (χ3n) is 5.49. The van der Waals surface area contributed by atoms with Gasteiger partial charge in [0, 0.05) is 28.1 Å². The number of hydrogen-bond acceptors (Lipinski definition) is 2. The van der Waals surface area contributed by atoms with Crippen LogP contribution in [0.4, 0.5) is 0 Å². The number of rotatable bonds is 5. The maximum absolute atomic E-state index is 13.0. The molecule has 0 radical (unpaired) electrons. The Hall–Kier alpha value is -2.40. The molecule has 1 aromatic heterocycles. The summed E-state index contributed by atoms with van der Waals surface area (Å²) in [5, 5.41) is 3.62. The van der Waals surface area contributed by atoms with Gasteiger partial charge in [-0.25, -0.2) is 0 Å². The van der Waals surface area contributed by atoms with Crippen LogP contribution in [0.5, 0.6) is 0 Å². The molecule has 0 fully saturated rings. The normalized spacial score (nSPS) is 16.3. The summed E-state index contributed by atoms with van der Waals surface area (Å²) in [5.41, 5.74) is 3.37. The fourth-order valence-electron chi connectivity index (χ4n) is 4.02. The molecule has 0 unspecified atom stereocenters. The molecule has 0 bridgehead atoms. The van der Waals surface area contributed by atoms with Gasteiger partial charge in [-0.15, -0.1) is 0 Å². The number of carbonyl (C=O) groups is 1. The lowest BCUT2D eigenvalue weighted by Gasteiger charge is -2.16. The second-order valence-electron chi connectivity index (χ2n) is 7.69. The average Bonchev–Trinajstić information content (AvgIpc) is 2.98. The average molecular weight is 439 g/mol. The van der Waals surface area contributed by atoms with Crippen LogP contribution in [0.15, 0.2) is 57.9 Å². The topological polar surface area (TPSA) is 51.1 Å². The fourth-order valence-corrected chi connectivity index (χ4v) is 4.53. The lowest BCUT2D eigenvalue weighted by molar-refractivity contribution is 0.0936. The Balaban J connectivity index is 1.58. The van der Waals surface area contributed by atoms with Gasteiger partial charge in [-0.3, -0.25) is 9.59 Å². The van der Waals surface area contributed by atoms with Gasteiger partial charge >= 0.3 is 0 Å². The third-order valence-corrected chi connectivity index (χ3v) is 5.95. The number of pyridine rings is 1. The van der Waals surface area contributed by atoms with Crippen LogP contribution in [-0.2, 0) is 12.8 Å². The van der Waals surface area contributed by atoms with E-state index in [1.54, 1.807) is 6.20 Å². The minimum absolute atomic E-state index is 0.0168. The van der Waals surface area contributed by atoms with E-state index in [0.717, 1.165) is 34.8 Å². The molecular weight excluding hydrogens is 416 g/mol. The number of aromatic nitrogens is 1. The van der Waals surface area contributed by atoms with E-state index in [2.05, 4.69) is 50.9 Å². The first-order chi connectivity index (χ1) is 13.4. The molecule has 0 spiro atoms. The van der Waals surface area contributed by atoms with E-state index in [4.69, 9.17) is 0 Å². The zero-order valence-electron chi connectivity index (χ0n) is 16.0. The Morgan fingerprint density at radius 1 is 1.29 bits per heavy atom. The van der Waals surface area contributed by atoms with E-state index in [1.165, 1.54) is 5.56 Å². The first-order valence-corrected chi connectivity index (χ1v) is 10.5. The number of aryl methyl sites for hydroxylation is 1. The van der Waals surface area contributed by atoms with Gasteiger partial charge < -0.3 is 9.88 Å². The fraction of sp³-hybridized carbons (Fsp3) is 0.304. The van der Waals surface area contributed by atoms with Crippen LogP contribution in [0.25, 0.3) is 10.9 Å². The highest BCUT2D eigenvalue weighted by Gasteiger charge is 2.25. The van der Waals surface area contributed by atoms with Gasteiger partial charge in [-0.1, -0.05) is 46.3 Å². The van der Waals surface area contributed by atoms with Crippen molar-refractivity contribution in [2.75, 3.05) is 0 Å². The molecule has 0 saturated carbocycles. The maximum atomic E-state index is 13.0. The zero-order valence-corrected chi connectivity index (χ0v) is 17.6. The van der Waals surface area contributed by atoms with Gasteiger partial charge in [0.05, 0.1) is 5.52 Å². The summed E-state index contributed by atoms with van der Waals surface area (Å²) in [6, 6.07) is 14.3. The summed E-state index contributed by atoms with van der Waals surface area (Å²) in [7, 11) is 0. The maximum Gasteiger partial charge on any atom is 0.256 e. The number of nitrogens with zero attached hydrogens (tertiary/aromatic N) is 1. The standard InChI is InChI=1S/C23H23BrN2O2/c1-14(8-9-16-6-4-3-5-7-16)25-23(28)20-13-26-15(2)10-17-11-18(24)12-19(21(17)26)22(20)27/h3-7,11-15H,8-10H2,1-2H3,(H,25,28)/t14-,15+/m0/s1. The molecule has 1 aliphatic rings. The summed E-state index contributed by atoms with van der Waals surface area (Å²) in [6.07, 6.45) is 4.31. The first-order valence-electron chi connectivity index (χ1n) is 9.66. The van der Waals surface area contributed by atoms with Crippen molar-refractivity contribution in [3.63, 3.8) is 0 Å². The molecular formula is C23H23BrN2O2. The molecule has 2 heterocycles. The van der Waals surface area contributed by atoms with Gasteiger partial charge in [0.15, 0.2) is 0 Å². The Morgan fingerprint density at radius 3 is 2.79 bits per heavy atom. The van der Waals surface area contributed by atoms with Crippen molar-refractivity contribution in [2.24, 2.45) is 0 Å². The highest BCUT2D eigenvalue weighted by atomic mass is 79.9. The van der Waals surface area contributed by atoms with E-state index in [0.29, 0.717) is 5.39 Å². The van der Waals surface area contributed by atoms with Crippen molar-refractivity contribution in [2.45, 2.75) is 45.2 Å². The molecule has 5 heteroatoms. The van der Waals surface area contributed by atoms with E-state index in [1.807, 2.05) is 31.2 Å². The van der Waals surface area contributed by atoms with Gasteiger partial charge in [-0.05, 0) is 56.4 Å². The molecule has 4 rings (SSSR count). The third kappa shape index (κ3) is 3.51. The SMILES string of the molecule is C[C@@H]1Cc2cc(Br)cc3c(=O)c(C(=O)N[C@@H](C)CCc4ccccc4)cn1c23. The van der Waals surface area contributed by atoms with Crippen LogP contribution in [0.2, 0.25) is 0 Å². The molecule has 144 valence electrons. The van der Waals surface area contributed by atoms with Crippen LogP contribution in [0.3, 0.4) is 0 Å². The molecule has 1 N–H and O–H groups in total. The second kappa shape index (κ2) is 7.55.